The molecule has 7 nitrogen and oxygen atoms in total. The predicted molar refractivity (Wildman–Crippen MR) is 208 cm³/mol. The number of anilines is 2. The molecule has 2 unspecified atom stereocenters. The minimum atomic E-state index is -0.239. The molecule has 5 aliphatic rings. The quantitative estimate of drug-likeness (QED) is 0.253. The molecule has 0 bridgehead atoms. The first-order valence-corrected chi connectivity index (χ1v) is 20.8. The van der Waals surface area contributed by atoms with E-state index in [-0.39, 0.29) is 52.6 Å². The summed E-state index contributed by atoms with van der Waals surface area (Å²) >= 11 is 0. The van der Waals surface area contributed by atoms with Crippen molar-refractivity contribution >= 4 is 40.0 Å². The summed E-state index contributed by atoms with van der Waals surface area (Å²) in [6.07, 6.45) is 15.2. The zero-order chi connectivity index (χ0) is 36.5. The highest BCUT2D eigenvalue weighted by Gasteiger charge is 2.37. The molecule has 7 rings (SSSR count). The van der Waals surface area contributed by atoms with Crippen molar-refractivity contribution in [3.63, 3.8) is 0 Å². The van der Waals surface area contributed by atoms with Crippen LogP contribution in [0.15, 0.2) is 17.9 Å². The van der Waals surface area contributed by atoms with Gasteiger partial charge in [0.15, 0.2) is 5.78 Å². The first kappa shape index (κ1) is 36.6. The number of Topliss-reactive ketones (excluding diaryl/α,β-unsaturated/α-hetero) is 2. The lowest BCUT2D eigenvalue weighted by Crippen LogP contribution is -2.47. The van der Waals surface area contributed by atoms with Crippen molar-refractivity contribution in [2.75, 3.05) is 36.4 Å². The summed E-state index contributed by atoms with van der Waals surface area (Å²) in [5, 5.41) is 20.0. The average molecular weight is 706 g/mol. The number of nitrogens with zero attached hydrogens (tertiary/aromatic N) is 2. The van der Waals surface area contributed by atoms with Crippen molar-refractivity contribution in [2.24, 2.45) is 11.8 Å². The molecule has 0 spiro atoms. The van der Waals surface area contributed by atoms with E-state index in [1.807, 2.05) is 0 Å². The third-order valence-electron chi connectivity index (χ3n) is 12.8. The van der Waals surface area contributed by atoms with Crippen LogP contribution in [-0.2, 0) is 46.5 Å². The van der Waals surface area contributed by atoms with Gasteiger partial charge in [-0.25, -0.2) is 4.58 Å². The second-order valence-corrected chi connectivity index (χ2v) is 16.1. The predicted octanol–water partition coefficient (Wildman–Crippen LogP) is 5.76. The Kier molecular flexibility index (Phi) is 11.1. The molecule has 52 heavy (non-hydrogen) atoms. The lowest BCUT2D eigenvalue weighted by molar-refractivity contribution is -0.292. The molecular weight excluding hydrogens is 647 g/mol. The fraction of sp³-hybridized carbons (Fsp3) is 0.600. The van der Waals surface area contributed by atoms with Crippen LogP contribution in [0.5, 0.6) is 0 Å². The van der Waals surface area contributed by atoms with Crippen molar-refractivity contribution in [2.45, 2.75) is 137 Å². The molecule has 0 saturated heterocycles. The van der Waals surface area contributed by atoms with Gasteiger partial charge < -0.3 is 15.3 Å². The van der Waals surface area contributed by atoms with Gasteiger partial charge in [-0.2, -0.15) is 0 Å². The summed E-state index contributed by atoms with van der Waals surface area (Å²) in [6.45, 7) is 12.5. The van der Waals surface area contributed by atoms with E-state index in [2.05, 4.69) is 54.6 Å². The molecule has 2 aromatic rings. The topological polar surface area (TPSA) is 92.6 Å². The Morgan fingerprint density at radius 1 is 0.827 bits per heavy atom. The smallest absolute Gasteiger partial charge is 0.227 e. The van der Waals surface area contributed by atoms with Gasteiger partial charge in [0.05, 0.1) is 5.69 Å². The Morgan fingerprint density at radius 2 is 1.48 bits per heavy atom. The Morgan fingerprint density at radius 3 is 2.17 bits per heavy atom. The minimum absolute atomic E-state index is 0.0156. The van der Waals surface area contributed by atoms with E-state index < -0.39 is 0 Å². The lowest BCUT2D eigenvalue weighted by atomic mass is 9.76. The van der Waals surface area contributed by atoms with Crippen LogP contribution >= 0.6 is 0 Å². The summed E-state index contributed by atoms with van der Waals surface area (Å²) in [4.78, 5) is 45.0. The number of allylic oxidation sites excluding steroid dienone is 2. The van der Waals surface area contributed by atoms with Gasteiger partial charge in [0.1, 0.15) is 18.9 Å². The van der Waals surface area contributed by atoms with E-state index >= 15 is 0 Å². The van der Waals surface area contributed by atoms with Crippen LogP contribution in [0.3, 0.4) is 0 Å². The van der Waals surface area contributed by atoms with E-state index in [1.165, 1.54) is 27.7 Å². The number of unbranched alkanes of at least 4 members (excludes halogenated alkanes) is 2. The molecule has 0 aromatic heterocycles. The Balaban J connectivity index is 1.41. The molecule has 0 saturated carbocycles. The molecule has 1 amide bonds. The Bertz CT molecular complexity index is 1930. The fourth-order valence-corrected chi connectivity index (χ4v) is 9.99. The molecule has 0 radical (unpaired) electrons. The van der Waals surface area contributed by atoms with Crippen LogP contribution < -0.4 is 30.5 Å². The number of hydrogen-bond acceptors (Lipinski definition) is 5. The third kappa shape index (κ3) is 6.55. The largest absolute Gasteiger partial charge is 0.871 e. The van der Waals surface area contributed by atoms with Crippen LogP contribution in [0.1, 0.15) is 138 Å². The molecule has 7 heteroatoms. The van der Waals surface area contributed by atoms with Crippen molar-refractivity contribution in [3.8, 4) is 0 Å². The maximum atomic E-state index is 14.7. The van der Waals surface area contributed by atoms with Crippen molar-refractivity contribution in [3.05, 3.63) is 61.8 Å². The second kappa shape index (κ2) is 15.7. The van der Waals surface area contributed by atoms with Gasteiger partial charge in [-0.05, 0) is 98.2 Å². The highest BCUT2D eigenvalue weighted by molar-refractivity contribution is 6.52. The molecular formula is C45H59N3O4. The number of ketones is 2. The van der Waals surface area contributed by atoms with Gasteiger partial charge >= 0.3 is 0 Å². The zero-order valence-corrected chi connectivity index (χ0v) is 32.2. The van der Waals surface area contributed by atoms with Crippen LogP contribution in [0.2, 0.25) is 0 Å². The van der Waals surface area contributed by atoms with E-state index in [9.17, 15) is 19.5 Å². The van der Waals surface area contributed by atoms with Crippen molar-refractivity contribution in [1.29, 1.82) is 0 Å². The standard InChI is InChI=1S/C45H59N3O4/c1-5-9-15-28(7-3)37(49)27-34-32-19-13-23-47-21-11-17-30(41(32)47)25-35(34)38-43(50)39(44(38)51)36-26-31-18-12-22-48-24-14-20-33(42(31)48)40(36)46-45(52)29(8-4)16-10-6-2/h25-26,28-29H,5-24,27H2,1-4H3,(H,50,51). The Hall–Kier alpha value is -3.74. The number of amides is 1. The second-order valence-electron chi connectivity index (χ2n) is 16.1. The van der Waals surface area contributed by atoms with Gasteiger partial charge in [0.2, 0.25) is 11.3 Å². The number of hydrogen-bond donors (Lipinski definition) is 1. The minimum Gasteiger partial charge on any atom is -0.871 e. The maximum Gasteiger partial charge on any atom is 0.227 e. The SMILES string of the molecule is CCCCC(CC)C(=O)Cc1c2c3c(c/c1=C1\C(=O)C(c4cc5c6c(c4NC(=O)C(CC)CCCC)CCCN6CCC5)=C1[O-])CCC[N+]=3CCC2. The summed E-state index contributed by atoms with van der Waals surface area (Å²) in [7, 11) is 0. The summed E-state index contributed by atoms with van der Waals surface area (Å²) in [6, 6.07) is 4.16. The summed E-state index contributed by atoms with van der Waals surface area (Å²) in [5.41, 5.74) is 8.48. The van der Waals surface area contributed by atoms with E-state index in [0.717, 1.165) is 140 Å². The van der Waals surface area contributed by atoms with Gasteiger partial charge in [0, 0.05) is 77.7 Å². The number of carbonyl (C=O) groups excluding carboxylic acids is 3. The molecule has 4 aliphatic heterocycles. The monoisotopic (exact) mass is 705 g/mol. The zero-order valence-electron chi connectivity index (χ0n) is 32.2. The first-order valence-electron chi connectivity index (χ1n) is 20.8. The van der Waals surface area contributed by atoms with Crippen molar-refractivity contribution < 1.29 is 19.5 Å². The van der Waals surface area contributed by atoms with Crippen LogP contribution in [-0.4, -0.2) is 43.7 Å². The van der Waals surface area contributed by atoms with Crippen LogP contribution in [0.25, 0.3) is 11.1 Å². The van der Waals surface area contributed by atoms with E-state index in [1.54, 1.807) is 0 Å². The average Bonchev–Trinajstić information content (AvgIpc) is 3.15. The maximum absolute atomic E-state index is 14.7. The highest BCUT2D eigenvalue weighted by Crippen LogP contribution is 2.47. The Labute approximate surface area is 310 Å². The molecule has 1 N–H and O–H groups in total. The first-order chi connectivity index (χ1) is 25.3. The van der Waals surface area contributed by atoms with E-state index in [0.29, 0.717) is 16.5 Å². The molecule has 0 fully saturated rings. The highest BCUT2D eigenvalue weighted by atomic mass is 16.3. The number of aryl methyl sites for hydroxylation is 2. The molecule has 2 atom stereocenters. The summed E-state index contributed by atoms with van der Waals surface area (Å²) in [5.74, 6) is -0.404. The number of benzene rings is 2. The molecule has 1 aliphatic carbocycles. The summed E-state index contributed by atoms with van der Waals surface area (Å²) < 4.78 is 2.47. The van der Waals surface area contributed by atoms with Gasteiger partial charge in [-0.15, -0.1) is 0 Å². The fourth-order valence-electron chi connectivity index (χ4n) is 9.99. The third-order valence-corrected chi connectivity index (χ3v) is 12.8. The van der Waals surface area contributed by atoms with Crippen LogP contribution in [0, 0.1) is 11.8 Å². The van der Waals surface area contributed by atoms with Crippen molar-refractivity contribution in [1.82, 2.24) is 4.58 Å². The number of rotatable bonds is 14. The van der Waals surface area contributed by atoms with Gasteiger partial charge in [-0.1, -0.05) is 59.1 Å². The van der Waals surface area contributed by atoms with Gasteiger partial charge in [0.25, 0.3) is 0 Å². The number of carbonyl (C=O) groups is 3. The van der Waals surface area contributed by atoms with Crippen LogP contribution in [0.4, 0.5) is 11.4 Å². The molecule has 278 valence electrons. The lowest BCUT2D eigenvalue weighted by Gasteiger charge is -2.40. The number of nitrogens with one attached hydrogen (secondary N) is 1. The molecule has 2 aromatic carbocycles. The van der Waals surface area contributed by atoms with Gasteiger partial charge in [-0.3, -0.25) is 14.4 Å². The molecule has 4 heterocycles. The van der Waals surface area contributed by atoms with E-state index in [4.69, 9.17) is 0 Å². The normalized spacial score (nSPS) is 19.9.